The van der Waals surface area contributed by atoms with Crippen LogP contribution in [0.3, 0.4) is 0 Å². The van der Waals surface area contributed by atoms with Gasteiger partial charge in [-0.15, -0.1) is 0 Å². The molecule has 3 rings (SSSR count). The average Bonchev–Trinajstić information content (AvgIpc) is 2.45. The zero-order chi connectivity index (χ0) is 13.9. The average molecular weight is 333 g/mol. The Labute approximate surface area is 125 Å². The fraction of sp³-hybridized carbons (Fsp3) is 0.188. The molecule has 2 aromatic rings. The van der Waals surface area contributed by atoms with Crippen LogP contribution in [0.5, 0.6) is 11.5 Å². The van der Waals surface area contributed by atoms with Gasteiger partial charge in [0.15, 0.2) is 5.78 Å². The molecule has 1 aliphatic heterocycles. The van der Waals surface area contributed by atoms with E-state index in [4.69, 9.17) is 9.47 Å². The largest absolute Gasteiger partial charge is 0.492 e. The molecular weight excluding hydrogens is 320 g/mol. The van der Waals surface area contributed by atoms with E-state index in [0.717, 1.165) is 10.0 Å². The van der Waals surface area contributed by atoms with Gasteiger partial charge in [-0.05, 0) is 29.8 Å². The second-order valence-corrected chi connectivity index (χ2v) is 5.51. The molecule has 3 nitrogen and oxygen atoms in total. The van der Waals surface area contributed by atoms with Crippen LogP contribution >= 0.6 is 15.9 Å². The summed E-state index contributed by atoms with van der Waals surface area (Å²) in [6.45, 7) is 0.924. The molecule has 0 unspecified atom stereocenters. The molecule has 1 aliphatic rings. The number of benzene rings is 2. The highest BCUT2D eigenvalue weighted by atomic mass is 79.9. The van der Waals surface area contributed by atoms with Gasteiger partial charge < -0.3 is 9.47 Å². The van der Waals surface area contributed by atoms with Crippen LogP contribution in [0.4, 0.5) is 0 Å². The lowest BCUT2D eigenvalue weighted by atomic mass is 10.1. The van der Waals surface area contributed by atoms with Crippen LogP contribution in [-0.2, 0) is 6.61 Å². The molecule has 0 saturated carbocycles. The second kappa shape index (κ2) is 5.67. The topological polar surface area (TPSA) is 35.5 Å². The first-order valence-corrected chi connectivity index (χ1v) is 7.19. The molecular formula is C16H13BrO3. The Morgan fingerprint density at radius 2 is 2.10 bits per heavy atom. The molecule has 0 fully saturated rings. The highest BCUT2D eigenvalue weighted by Gasteiger charge is 2.18. The number of carbonyl (C=O) groups is 1. The number of hydrogen-bond acceptors (Lipinski definition) is 3. The van der Waals surface area contributed by atoms with E-state index in [9.17, 15) is 4.79 Å². The standard InChI is InChI=1S/C16H13BrO3/c17-12-3-1-2-11(8-12)10-20-13-4-5-14-15(18)6-7-19-16(14)9-13/h1-5,8-9H,6-7,10H2. The number of hydrogen-bond donors (Lipinski definition) is 0. The number of ketones is 1. The molecule has 0 saturated heterocycles. The minimum absolute atomic E-state index is 0.129. The Balaban J connectivity index is 1.74. The predicted molar refractivity (Wildman–Crippen MR) is 79.4 cm³/mol. The van der Waals surface area contributed by atoms with Gasteiger partial charge in [-0.2, -0.15) is 0 Å². The molecule has 2 aromatic carbocycles. The smallest absolute Gasteiger partial charge is 0.169 e. The van der Waals surface area contributed by atoms with E-state index >= 15 is 0 Å². The summed E-state index contributed by atoms with van der Waals surface area (Å²) in [6, 6.07) is 13.3. The van der Waals surface area contributed by atoms with Gasteiger partial charge in [0, 0.05) is 17.0 Å². The highest BCUT2D eigenvalue weighted by Crippen LogP contribution is 2.29. The molecule has 0 aromatic heterocycles. The third kappa shape index (κ3) is 2.85. The molecule has 20 heavy (non-hydrogen) atoms. The summed E-state index contributed by atoms with van der Waals surface area (Å²) in [4.78, 5) is 11.7. The summed E-state index contributed by atoms with van der Waals surface area (Å²) in [5.74, 6) is 1.45. The maximum Gasteiger partial charge on any atom is 0.169 e. The van der Waals surface area contributed by atoms with Crippen LogP contribution in [-0.4, -0.2) is 12.4 Å². The Bertz CT molecular complexity index is 652. The predicted octanol–water partition coefficient (Wildman–Crippen LogP) is 3.99. The lowest BCUT2D eigenvalue weighted by Gasteiger charge is -2.17. The molecule has 1 heterocycles. The van der Waals surface area contributed by atoms with E-state index in [-0.39, 0.29) is 5.78 Å². The van der Waals surface area contributed by atoms with E-state index < -0.39 is 0 Å². The van der Waals surface area contributed by atoms with E-state index in [1.807, 2.05) is 30.3 Å². The normalized spacial score (nSPS) is 13.6. The lowest BCUT2D eigenvalue weighted by Crippen LogP contribution is -2.15. The van der Waals surface area contributed by atoms with Gasteiger partial charge >= 0.3 is 0 Å². The molecule has 0 aliphatic carbocycles. The van der Waals surface area contributed by atoms with Gasteiger partial charge in [0.2, 0.25) is 0 Å². The van der Waals surface area contributed by atoms with Crippen molar-refractivity contribution in [3.63, 3.8) is 0 Å². The van der Waals surface area contributed by atoms with Crippen LogP contribution in [0.25, 0.3) is 0 Å². The molecule has 0 N–H and O–H groups in total. The quantitative estimate of drug-likeness (QED) is 0.852. The number of ether oxygens (including phenoxy) is 2. The second-order valence-electron chi connectivity index (χ2n) is 4.60. The molecule has 0 amide bonds. The lowest BCUT2D eigenvalue weighted by molar-refractivity contribution is 0.0933. The first-order valence-electron chi connectivity index (χ1n) is 6.40. The zero-order valence-corrected chi connectivity index (χ0v) is 12.4. The summed E-state index contributed by atoms with van der Waals surface area (Å²) in [7, 11) is 0. The monoisotopic (exact) mass is 332 g/mol. The Morgan fingerprint density at radius 1 is 1.20 bits per heavy atom. The summed E-state index contributed by atoms with van der Waals surface area (Å²) < 4.78 is 12.3. The maximum atomic E-state index is 11.7. The molecule has 0 atom stereocenters. The van der Waals surface area contributed by atoms with Gasteiger partial charge in [-0.25, -0.2) is 0 Å². The minimum atomic E-state index is 0.129. The van der Waals surface area contributed by atoms with Crippen LogP contribution in [0, 0.1) is 0 Å². The molecule has 0 bridgehead atoms. The molecule has 0 spiro atoms. The third-order valence-corrected chi connectivity index (χ3v) is 3.63. The Hall–Kier alpha value is -1.81. The van der Waals surface area contributed by atoms with Crippen molar-refractivity contribution in [2.45, 2.75) is 13.0 Å². The van der Waals surface area contributed by atoms with Crippen molar-refractivity contribution < 1.29 is 14.3 Å². The van der Waals surface area contributed by atoms with Crippen molar-refractivity contribution in [2.24, 2.45) is 0 Å². The third-order valence-electron chi connectivity index (χ3n) is 3.13. The van der Waals surface area contributed by atoms with Crippen molar-refractivity contribution >= 4 is 21.7 Å². The van der Waals surface area contributed by atoms with Gasteiger partial charge in [-0.1, -0.05) is 28.1 Å². The fourth-order valence-corrected chi connectivity index (χ4v) is 2.57. The van der Waals surface area contributed by atoms with Crippen LogP contribution in [0.2, 0.25) is 0 Å². The summed E-state index contributed by atoms with van der Waals surface area (Å²) in [5, 5.41) is 0. The number of rotatable bonds is 3. The van der Waals surface area contributed by atoms with Gasteiger partial charge in [-0.3, -0.25) is 4.79 Å². The minimum Gasteiger partial charge on any atom is -0.492 e. The number of fused-ring (bicyclic) bond motifs is 1. The molecule has 0 radical (unpaired) electrons. The van der Waals surface area contributed by atoms with Gasteiger partial charge in [0.25, 0.3) is 0 Å². The van der Waals surface area contributed by atoms with E-state index in [0.29, 0.717) is 36.7 Å². The summed E-state index contributed by atoms with van der Waals surface area (Å²) in [6.07, 6.45) is 0.450. The molecule has 102 valence electrons. The van der Waals surface area contributed by atoms with Gasteiger partial charge in [0.05, 0.1) is 12.2 Å². The SMILES string of the molecule is O=C1CCOc2cc(OCc3cccc(Br)c3)ccc21. The van der Waals surface area contributed by atoms with Gasteiger partial charge in [0.1, 0.15) is 18.1 Å². The van der Waals surface area contributed by atoms with Crippen molar-refractivity contribution in [3.8, 4) is 11.5 Å². The van der Waals surface area contributed by atoms with Crippen molar-refractivity contribution in [1.82, 2.24) is 0 Å². The van der Waals surface area contributed by atoms with Crippen molar-refractivity contribution in [3.05, 3.63) is 58.1 Å². The van der Waals surface area contributed by atoms with E-state index in [1.165, 1.54) is 0 Å². The zero-order valence-electron chi connectivity index (χ0n) is 10.8. The first kappa shape index (κ1) is 13.2. The Kier molecular flexibility index (Phi) is 3.74. The van der Waals surface area contributed by atoms with Crippen LogP contribution in [0.1, 0.15) is 22.3 Å². The highest BCUT2D eigenvalue weighted by molar-refractivity contribution is 9.10. The van der Waals surface area contributed by atoms with E-state index in [1.54, 1.807) is 12.1 Å². The first-order chi connectivity index (χ1) is 9.72. The summed E-state index contributed by atoms with van der Waals surface area (Å²) >= 11 is 3.43. The number of halogens is 1. The van der Waals surface area contributed by atoms with Crippen molar-refractivity contribution in [2.75, 3.05) is 6.61 Å². The van der Waals surface area contributed by atoms with Crippen LogP contribution < -0.4 is 9.47 Å². The molecule has 4 heteroatoms. The maximum absolute atomic E-state index is 11.7. The summed E-state index contributed by atoms with van der Waals surface area (Å²) in [5.41, 5.74) is 1.72. The number of carbonyl (C=O) groups excluding carboxylic acids is 1. The van der Waals surface area contributed by atoms with Crippen molar-refractivity contribution in [1.29, 1.82) is 0 Å². The Morgan fingerprint density at radius 3 is 2.95 bits per heavy atom. The number of Topliss-reactive ketones (excluding diaryl/α,β-unsaturated/α-hetero) is 1. The van der Waals surface area contributed by atoms with Crippen LogP contribution in [0.15, 0.2) is 46.9 Å². The fourth-order valence-electron chi connectivity index (χ4n) is 2.12. The van der Waals surface area contributed by atoms with E-state index in [2.05, 4.69) is 15.9 Å².